The molecule has 2 atom stereocenters. The number of hydrogen-bond donors (Lipinski definition) is 2. The lowest BCUT2D eigenvalue weighted by Gasteiger charge is -2.09. The number of sulfonamides is 1. The Morgan fingerprint density at radius 1 is 1.53 bits per heavy atom. The van der Waals surface area contributed by atoms with Crippen molar-refractivity contribution in [2.24, 2.45) is 5.92 Å². The first kappa shape index (κ1) is 12.7. The van der Waals surface area contributed by atoms with Crippen LogP contribution in [0.5, 0.6) is 0 Å². The molecule has 1 aromatic carbocycles. The van der Waals surface area contributed by atoms with E-state index in [1.165, 1.54) is 12.1 Å². The van der Waals surface area contributed by atoms with E-state index in [1.807, 2.05) is 6.92 Å². The van der Waals surface area contributed by atoms with Gasteiger partial charge in [0.15, 0.2) is 0 Å². The van der Waals surface area contributed by atoms with Crippen molar-refractivity contribution in [2.45, 2.75) is 30.7 Å². The number of anilines is 1. The Kier molecular flexibility index (Phi) is 3.34. The van der Waals surface area contributed by atoms with E-state index >= 15 is 0 Å². The summed E-state index contributed by atoms with van der Waals surface area (Å²) in [6, 6.07) is 4.49. The van der Waals surface area contributed by atoms with Gasteiger partial charge in [0.1, 0.15) is 4.90 Å². The van der Waals surface area contributed by atoms with Crippen LogP contribution in [0.15, 0.2) is 23.1 Å². The molecule has 0 amide bonds. The van der Waals surface area contributed by atoms with E-state index in [0.717, 1.165) is 12.8 Å². The molecule has 0 saturated heterocycles. The van der Waals surface area contributed by atoms with Gasteiger partial charge in [-0.1, -0.05) is 24.9 Å². The fourth-order valence-electron chi connectivity index (χ4n) is 1.85. The van der Waals surface area contributed by atoms with Crippen LogP contribution in [0.25, 0.3) is 0 Å². The van der Waals surface area contributed by atoms with Gasteiger partial charge < -0.3 is 5.73 Å². The molecule has 0 bridgehead atoms. The SMILES string of the molecule is CCC1CC1NS(=O)(=O)c1cc(Cl)ccc1N. The Morgan fingerprint density at radius 2 is 2.24 bits per heavy atom. The zero-order valence-corrected chi connectivity index (χ0v) is 11.1. The molecule has 0 radical (unpaired) electrons. The number of halogens is 1. The molecule has 0 aliphatic heterocycles. The van der Waals surface area contributed by atoms with Crippen LogP contribution in [0.3, 0.4) is 0 Å². The van der Waals surface area contributed by atoms with Crippen LogP contribution in [0.4, 0.5) is 5.69 Å². The average molecular weight is 275 g/mol. The van der Waals surface area contributed by atoms with Gasteiger partial charge in [-0.15, -0.1) is 0 Å². The lowest BCUT2D eigenvalue weighted by atomic mass is 10.3. The van der Waals surface area contributed by atoms with Crippen molar-refractivity contribution < 1.29 is 8.42 Å². The standard InChI is InChI=1S/C11H15ClN2O2S/c1-2-7-5-10(7)14-17(15,16)11-6-8(12)3-4-9(11)13/h3-4,6-7,10,14H,2,5,13H2,1H3. The van der Waals surface area contributed by atoms with Crippen LogP contribution in [0.2, 0.25) is 5.02 Å². The molecule has 1 saturated carbocycles. The van der Waals surface area contributed by atoms with E-state index in [0.29, 0.717) is 10.9 Å². The highest BCUT2D eigenvalue weighted by atomic mass is 35.5. The second-order valence-corrected chi connectivity index (χ2v) is 6.43. The molecule has 17 heavy (non-hydrogen) atoms. The van der Waals surface area contributed by atoms with Crippen molar-refractivity contribution in [1.82, 2.24) is 4.72 Å². The molecule has 1 aliphatic carbocycles. The van der Waals surface area contributed by atoms with Crippen LogP contribution in [0.1, 0.15) is 19.8 Å². The quantitative estimate of drug-likeness (QED) is 0.825. The molecule has 4 nitrogen and oxygen atoms in total. The van der Waals surface area contributed by atoms with Gasteiger partial charge in [0.2, 0.25) is 10.0 Å². The maximum atomic E-state index is 12.1. The summed E-state index contributed by atoms with van der Waals surface area (Å²) in [5.41, 5.74) is 5.88. The smallest absolute Gasteiger partial charge is 0.242 e. The number of benzene rings is 1. The van der Waals surface area contributed by atoms with Crippen molar-refractivity contribution in [3.8, 4) is 0 Å². The number of nitrogens with one attached hydrogen (secondary N) is 1. The van der Waals surface area contributed by atoms with Crippen LogP contribution in [0, 0.1) is 5.92 Å². The third kappa shape index (κ3) is 2.73. The summed E-state index contributed by atoms with van der Waals surface area (Å²) in [5.74, 6) is 0.449. The van der Waals surface area contributed by atoms with Gasteiger partial charge >= 0.3 is 0 Å². The zero-order valence-electron chi connectivity index (χ0n) is 9.48. The third-order valence-electron chi connectivity index (χ3n) is 3.02. The lowest BCUT2D eigenvalue weighted by Crippen LogP contribution is -2.27. The molecule has 0 spiro atoms. The van der Waals surface area contributed by atoms with Gasteiger partial charge in [0.05, 0.1) is 5.69 Å². The summed E-state index contributed by atoms with van der Waals surface area (Å²) in [4.78, 5) is 0.0618. The summed E-state index contributed by atoms with van der Waals surface area (Å²) in [6.07, 6.45) is 1.88. The fraction of sp³-hybridized carbons (Fsp3) is 0.455. The molecule has 3 N–H and O–H groups in total. The molecule has 0 aromatic heterocycles. The summed E-state index contributed by atoms with van der Waals surface area (Å²) in [6.45, 7) is 2.05. The summed E-state index contributed by atoms with van der Waals surface area (Å²) in [5, 5.41) is 0.363. The summed E-state index contributed by atoms with van der Waals surface area (Å²) in [7, 11) is -3.55. The predicted octanol–water partition coefficient (Wildman–Crippen LogP) is 2.00. The minimum Gasteiger partial charge on any atom is -0.398 e. The molecule has 2 unspecified atom stereocenters. The predicted molar refractivity (Wildman–Crippen MR) is 68.4 cm³/mol. The Labute approximate surface area is 106 Å². The van der Waals surface area contributed by atoms with Gasteiger partial charge in [-0.05, 0) is 30.5 Å². The number of hydrogen-bond acceptors (Lipinski definition) is 3. The summed E-state index contributed by atoms with van der Waals surface area (Å²) < 4.78 is 26.8. The number of rotatable bonds is 4. The Balaban J connectivity index is 2.23. The molecule has 94 valence electrons. The minimum absolute atomic E-state index is 0.0448. The van der Waals surface area contributed by atoms with E-state index in [1.54, 1.807) is 6.07 Å². The molecule has 0 heterocycles. The van der Waals surface area contributed by atoms with E-state index < -0.39 is 10.0 Å². The first-order chi connectivity index (χ1) is 7.94. The van der Waals surface area contributed by atoms with E-state index in [-0.39, 0.29) is 16.6 Å². The molecule has 1 fully saturated rings. The van der Waals surface area contributed by atoms with Gasteiger partial charge in [0.25, 0.3) is 0 Å². The molecule has 1 aliphatic rings. The molecular formula is C11H15ClN2O2S. The Hall–Kier alpha value is -0.780. The Morgan fingerprint density at radius 3 is 2.82 bits per heavy atom. The van der Waals surface area contributed by atoms with Gasteiger partial charge in [-0.25, -0.2) is 13.1 Å². The molecule has 2 rings (SSSR count). The van der Waals surface area contributed by atoms with E-state index in [4.69, 9.17) is 17.3 Å². The molecular weight excluding hydrogens is 260 g/mol. The highest BCUT2D eigenvalue weighted by Gasteiger charge is 2.39. The normalized spacial score (nSPS) is 23.6. The third-order valence-corrected chi connectivity index (χ3v) is 4.80. The zero-order chi connectivity index (χ0) is 12.6. The van der Waals surface area contributed by atoms with Crippen molar-refractivity contribution in [1.29, 1.82) is 0 Å². The average Bonchev–Trinajstić information content (AvgIpc) is 2.99. The largest absolute Gasteiger partial charge is 0.398 e. The highest BCUT2D eigenvalue weighted by Crippen LogP contribution is 2.35. The maximum absolute atomic E-state index is 12.1. The highest BCUT2D eigenvalue weighted by molar-refractivity contribution is 7.89. The Bertz CT molecular complexity index is 530. The minimum atomic E-state index is -3.55. The van der Waals surface area contributed by atoms with E-state index in [9.17, 15) is 8.42 Å². The van der Waals surface area contributed by atoms with Crippen LogP contribution in [-0.2, 0) is 10.0 Å². The van der Waals surface area contributed by atoms with Crippen LogP contribution < -0.4 is 10.5 Å². The monoisotopic (exact) mass is 274 g/mol. The first-order valence-corrected chi connectivity index (χ1v) is 7.37. The van der Waals surface area contributed by atoms with Crippen molar-refractivity contribution in [3.63, 3.8) is 0 Å². The molecule has 6 heteroatoms. The van der Waals surface area contributed by atoms with E-state index in [2.05, 4.69) is 4.72 Å². The van der Waals surface area contributed by atoms with Crippen LogP contribution >= 0.6 is 11.6 Å². The topological polar surface area (TPSA) is 72.2 Å². The van der Waals surface area contributed by atoms with Gasteiger partial charge in [-0.3, -0.25) is 0 Å². The van der Waals surface area contributed by atoms with Crippen LogP contribution in [-0.4, -0.2) is 14.5 Å². The second kappa shape index (κ2) is 4.48. The van der Waals surface area contributed by atoms with Crippen molar-refractivity contribution >= 4 is 27.3 Å². The maximum Gasteiger partial charge on any atom is 0.242 e. The first-order valence-electron chi connectivity index (χ1n) is 5.51. The summed E-state index contributed by atoms with van der Waals surface area (Å²) >= 11 is 5.78. The van der Waals surface area contributed by atoms with Gasteiger partial charge in [-0.2, -0.15) is 0 Å². The number of nitrogen functional groups attached to an aromatic ring is 1. The van der Waals surface area contributed by atoms with Crippen molar-refractivity contribution in [3.05, 3.63) is 23.2 Å². The number of nitrogens with two attached hydrogens (primary N) is 1. The second-order valence-electron chi connectivity index (χ2n) is 4.31. The molecule has 1 aromatic rings. The van der Waals surface area contributed by atoms with Crippen molar-refractivity contribution in [2.75, 3.05) is 5.73 Å². The van der Waals surface area contributed by atoms with Gasteiger partial charge in [0, 0.05) is 11.1 Å². The lowest BCUT2D eigenvalue weighted by molar-refractivity contribution is 0.576. The fourth-order valence-corrected chi connectivity index (χ4v) is 3.56.